The van der Waals surface area contributed by atoms with Crippen LogP contribution in [0.3, 0.4) is 0 Å². The van der Waals surface area contributed by atoms with Crippen LogP contribution in [-0.4, -0.2) is 91.0 Å². The summed E-state index contributed by atoms with van der Waals surface area (Å²) in [6, 6.07) is 9.96. The Labute approximate surface area is 234 Å². The van der Waals surface area contributed by atoms with Crippen LogP contribution in [0.5, 0.6) is 0 Å². The van der Waals surface area contributed by atoms with Crippen LogP contribution >= 0.6 is 0 Å². The van der Waals surface area contributed by atoms with Crippen molar-refractivity contribution in [3.63, 3.8) is 0 Å². The molecule has 5 rings (SSSR count). The van der Waals surface area contributed by atoms with Gasteiger partial charge in [-0.05, 0) is 43.5 Å². The lowest BCUT2D eigenvalue weighted by Crippen LogP contribution is -2.52. The highest BCUT2D eigenvalue weighted by Gasteiger charge is 2.37. The molecule has 11 nitrogen and oxygen atoms in total. The fraction of sp³-hybridized carbons (Fsp3) is 0.500. The number of ether oxygens (including phenoxy) is 1. The molecule has 1 saturated carbocycles. The molecule has 0 radical (unpaired) electrons. The van der Waals surface area contributed by atoms with Gasteiger partial charge in [0.05, 0.1) is 23.4 Å². The van der Waals surface area contributed by atoms with E-state index in [0.717, 1.165) is 18.7 Å². The lowest BCUT2D eigenvalue weighted by atomic mass is 10.1. The Morgan fingerprint density at radius 2 is 1.90 bits per heavy atom. The van der Waals surface area contributed by atoms with Crippen LogP contribution in [0.1, 0.15) is 44.2 Å². The highest BCUT2D eigenvalue weighted by atomic mass is 32.2. The largest absolute Gasteiger partial charge is 0.389 e. The Balaban J connectivity index is 1.26. The molecule has 3 fully saturated rings. The summed E-state index contributed by atoms with van der Waals surface area (Å²) in [5.41, 5.74) is 1.44. The van der Waals surface area contributed by atoms with Crippen molar-refractivity contribution >= 4 is 33.2 Å². The summed E-state index contributed by atoms with van der Waals surface area (Å²) in [4.78, 5) is 39.4. The van der Waals surface area contributed by atoms with E-state index in [1.165, 1.54) is 12.1 Å². The monoisotopic (exact) mass is 569 g/mol. The number of benzene rings is 1. The second-order valence-corrected chi connectivity index (χ2v) is 12.8. The van der Waals surface area contributed by atoms with Crippen LogP contribution in [0.15, 0.2) is 52.6 Å². The van der Waals surface area contributed by atoms with Crippen LogP contribution in [0.25, 0.3) is 0 Å². The average Bonchev–Trinajstić information content (AvgIpc) is 3.67. The van der Waals surface area contributed by atoms with E-state index in [0.29, 0.717) is 56.9 Å². The number of aromatic nitrogens is 1. The Bertz CT molecular complexity index is 1350. The summed E-state index contributed by atoms with van der Waals surface area (Å²) in [5, 5.41) is 6.61. The van der Waals surface area contributed by atoms with E-state index in [4.69, 9.17) is 9.57 Å². The lowest BCUT2D eigenvalue weighted by molar-refractivity contribution is -0.133. The first-order chi connectivity index (χ1) is 19.2. The number of hydrogen-bond acceptors (Lipinski definition) is 9. The molecular formula is C28H35N5O6S. The number of amides is 2. The van der Waals surface area contributed by atoms with Crippen molar-refractivity contribution in [1.82, 2.24) is 14.8 Å². The quantitative estimate of drug-likeness (QED) is 0.359. The van der Waals surface area contributed by atoms with Gasteiger partial charge in [0.2, 0.25) is 5.91 Å². The summed E-state index contributed by atoms with van der Waals surface area (Å²) >= 11 is 0. The standard InChI is InChI=1S/C28H35N5O6S/c1-19-16-32(12-13-33(19)20(2)34)17-21-3-10-26(29-15-21)30-28(35)27(31-39-23-11-14-38-18-23)22-4-6-24(7-5-22)40(36,37)25-8-9-25/h3-7,10,15,19,23,25H,8-9,11-14,16-18H2,1-2H3,(H,29,30,35)/b31-27+/t19-,23+/m0/s1. The summed E-state index contributed by atoms with van der Waals surface area (Å²) in [5.74, 6) is -0.0717. The van der Waals surface area contributed by atoms with Gasteiger partial charge in [-0.1, -0.05) is 23.4 Å². The third-order valence-corrected chi connectivity index (χ3v) is 9.68. The van der Waals surface area contributed by atoms with Gasteiger partial charge in [-0.15, -0.1) is 0 Å². The second kappa shape index (κ2) is 12.0. The van der Waals surface area contributed by atoms with Crippen molar-refractivity contribution in [2.24, 2.45) is 5.16 Å². The molecule has 0 spiro atoms. The number of anilines is 1. The molecule has 0 bridgehead atoms. The third kappa shape index (κ3) is 6.68. The molecular weight excluding hydrogens is 534 g/mol. The first kappa shape index (κ1) is 28.2. The van der Waals surface area contributed by atoms with Gasteiger partial charge in [0.25, 0.3) is 5.91 Å². The van der Waals surface area contributed by atoms with Gasteiger partial charge in [-0.25, -0.2) is 13.4 Å². The van der Waals surface area contributed by atoms with Gasteiger partial charge in [0.1, 0.15) is 5.82 Å². The summed E-state index contributed by atoms with van der Waals surface area (Å²) in [6.07, 6.45) is 3.49. The normalized spacial score (nSPS) is 22.2. The molecule has 2 aromatic rings. The van der Waals surface area contributed by atoms with Crippen LogP contribution < -0.4 is 5.32 Å². The minimum absolute atomic E-state index is 0.0190. The van der Waals surface area contributed by atoms with Gasteiger partial charge >= 0.3 is 0 Å². The third-order valence-electron chi connectivity index (χ3n) is 7.40. The molecule has 1 aliphatic carbocycles. The molecule has 2 amide bonds. The van der Waals surface area contributed by atoms with E-state index >= 15 is 0 Å². The topological polar surface area (TPSA) is 130 Å². The van der Waals surface area contributed by atoms with Crippen LogP contribution in [0.2, 0.25) is 0 Å². The van der Waals surface area contributed by atoms with E-state index in [1.807, 2.05) is 17.9 Å². The van der Waals surface area contributed by atoms with Crippen LogP contribution in [-0.2, 0) is 35.5 Å². The highest BCUT2D eigenvalue weighted by Crippen LogP contribution is 2.33. The number of carbonyl (C=O) groups is 2. The van der Waals surface area contributed by atoms with E-state index in [9.17, 15) is 18.0 Å². The Hall–Kier alpha value is -3.35. The molecule has 40 heavy (non-hydrogen) atoms. The predicted octanol–water partition coefficient (Wildman–Crippen LogP) is 2.22. The van der Waals surface area contributed by atoms with Gasteiger partial charge in [0, 0.05) is 57.3 Å². The predicted molar refractivity (Wildman–Crippen MR) is 148 cm³/mol. The minimum atomic E-state index is -3.35. The first-order valence-corrected chi connectivity index (χ1v) is 15.2. The maximum absolute atomic E-state index is 13.3. The van der Waals surface area contributed by atoms with Crippen molar-refractivity contribution in [1.29, 1.82) is 0 Å². The van der Waals surface area contributed by atoms with Gasteiger partial charge in [-0.2, -0.15) is 0 Å². The van der Waals surface area contributed by atoms with E-state index in [2.05, 4.69) is 20.4 Å². The molecule has 1 N–H and O–H groups in total. The number of piperazine rings is 1. The fourth-order valence-electron chi connectivity index (χ4n) is 4.99. The average molecular weight is 570 g/mol. The molecule has 3 aliphatic rings. The minimum Gasteiger partial charge on any atom is -0.389 e. The molecule has 12 heteroatoms. The Morgan fingerprint density at radius 1 is 1.12 bits per heavy atom. The zero-order valence-corrected chi connectivity index (χ0v) is 23.6. The van der Waals surface area contributed by atoms with E-state index in [1.54, 1.807) is 31.3 Å². The lowest BCUT2D eigenvalue weighted by Gasteiger charge is -2.39. The summed E-state index contributed by atoms with van der Waals surface area (Å²) in [6.45, 7) is 7.56. The van der Waals surface area contributed by atoms with E-state index in [-0.39, 0.29) is 33.9 Å². The van der Waals surface area contributed by atoms with Crippen molar-refractivity contribution in [2.75, 3.05) is 38.2 Å². The van der Waals surface area contributed by atoms with Crippen molar-refractivity contribution in [3.8, 4) is 0 Å². The second-order valence-electron chi connectivity index (χ2n) is 10.6. The Morgan fingerprint density at radius 3 is 2.50 bits per heavy atom. The number of nitrogens with zero attached hydrogens (tertiary/aromatic N) is 4. The highest BCUT2D eigenvalue weighted by molar-refractivity contribution is 7.92. The van der Waals surface area contributed by atoms with Gasteiger partial charge < -0.3 is 19.8 Å². The molecule has 0 unspecified atom stereocenters. The maximum Gasteiger partial charge on any atom is 0.279 e. The number of sulfone groups is 1. The number of hydrogen-bond donors (Lipinski definition) is 1. The van der Waals surface area contributed by atoms with Crippen molar-refractivity contribution < 1.29 is 27.6 Å². The SMILES string of the molecule is CC(=O)N1CCN(Cc2ccc(NC(=O)/C(=N/O[C@@H]3CCOC3)c3ccc(S(=O)(=O)C4CC4)cc3)nc2)C[C@@H]1C. The molecule has 214 valence electrons. The number of pyridine rings is 1. The zero-order valence-electron chi connectivity index (χ0n) is 22.8. The number of carbonyl (C=O) groups excluding carboxylic acids is 2. The zero-order chi connectivity index (χ0) is 28.3. The maximum atomic E-state index is 13.3. The van der Waals surface area contributed by atoms with Crippen molar-refractivity contribution in [3.05, 3.63) is 53.7 Å². The van der Waals surface area contributed by atoms with Crippen LogP contribution in [0, 0.1) is 0 Å². The molecule has 2 atom stereocenters. The molecule has 2 saturated heterocycles. The van der Waals surface area contributed by atoms with E-state index < -0.39 is 15.7 Å². The summed E-state index contributed by atoms with van der Waals surface area (Å²) < 4.78 is 30.5. The van der Waals surface area contributed by atoms with Gasteiger partial charge in [-0.3, -0.25) is 14.5 Å². The number of oxime groups is 1. The molecule has 1 aromatic heterocycles. The smallest absolute Gasteiger partial charge is 0.279 e. The van der Waals surface area contributed by atoms with Crippen molar-refractivity contribution in [2.45, 2.75) is 61.9 Å². The fourth-order valence-corrected chi connectivity index (χ4v) is 6.65. The van der Waals surface area contributed by atoms with Crippen LogP contribution in [0.4, 0.5) is 5.82 Å². The molecule has 3 heterocycles. The summed E-state index contributed by atoms with van der Waals surface area (Å²) in [7, 11) is -3.35. The first-order valence-electron chi connectivity index (χ1n) is 13.6. The Kier molecular flexibility index (Phi) is 8.48. The number of nitrogens with one attached hydrogen (secondary N) is 1. The molecule has 1 aromatic carbocycles. The van der Waals surface area contributed by atoms with Gasteiger partial charge in [0.15, 0.2) is 21.7 Å². The molecule has 2 aliphatic heterocycles. The number of rotatable bonds is 9.